The highest BCUT2D eigenvalue weighted by Crippen LogP contribution is 2.16. The van der Waals surface area contributed by atoms with Crippen LogP contribution in [0.3, 0.4) is 0 Å². The topological polar surface area (TPSA) is 56.7 Å². The first-order valence-electron chi connectivity index (χ1n) is 9.00. The molecule has 0 fully saturated rings. The number of guanidine groups is 1. The molecular weight excluding hydrogens is 356 g/mol. The zero-order valence-electron chi connectivity index (χ0n) is 16.5. The molecule has 0 bridgehead atoms. The second kappa shape index (κ2) is 10.6. The van der Waals surface area contributed by atoms with Crippen LogP contribution < -0.4 is 10.6 Å². The summed E-state index contributed by atoms with van der Waals surface area (Å²) in [5, 5.41) is 6.15. The van der Waals surface area contributed by atoms with Gasteiger partial charge in [-0.3, -0.25) is 4.79 Å². The first kappa shape index (κ1) is 20.8. The molecule has 0 atom stereocenters. The van der Waals surface area contributed by atoms with Crippen molar-refractivity contribution in [3.05, 3.63) is 59.7 Å². The summed E-state index contributed by atoms with van der Waals surface area (Å²) < 4.78 is 0. The highest BCUT2D eigenvalue weighted by molar-refractivity contribution is 7.98. The van der Waals surface area contributed by atoms with Crippen molar-refractivity contribution in [2.24, 2.45) is 4.99 Å². The maximum atomic E-state index is 11.2. The van der Waals surface area contributed by atoms with Crippen molar-refractivity contribution < 1.29 is 4.79 Å². The molecule has 2 N–H and O–H groups in total. The van der Waals surface area contributed by atoms with Crippen LogP contribution >= 0.6 is 11.8 Å². The number of hydrogen-bond donors (Lipinski definition) is 2. The van der Waals surface area contributed by atoms with Gasteiger partial charge in [0.2, 0.25) is 5.91 Å². The third kappa shape index (κ3) is 6.98. The standard InChI is InChI=1S/C21H28N4OS/c1-5-22-21(25(3)15-17-9-11-20(27-4)12-10-17)23-14-18-7-6-8-19(13-18)24-16(2)26/h6-13H,5,14-15H2,1-4H3,(H,22,23)(H,24,26). The molecule has 6 heteroatoms. The number of rotatable bonds is 7. The average Bonchev–Trinajstić information content (AvgIpc) is 2.65. The fourth-order valence-electron chi connectivity index (χ4n) is 2.67. The lowest BCUT2D eigenvalue weighted by atomic mass is 10.2. The molecule has 0 unspecified atom stereocenters. The molecular formula is C21H28N4OS. The predicted octanol–water partition coefficient (Wildman–Crippen LogP) is 3.96. The molecule has 2 aromatic rings. The summed E-state index contributed by atoms with van der Waals surface area (Å²) in [4.78, 5) is 19.4. The first-order chi connectivity index (χ1) is 13.0. The largest absolute Gasteiger partial charge is 0.357 e. The Bertz CT molecular complexity index is 774. The van der Waals surface area contributed by atoms with Crippen LogP contribution in [0.15, 0.2) is 58.4 Å². The Morgan fingerprint density at radius 1 is 1.15 bits per heavy atom. The van der Waals surface area contributed by atoms with Gasteiger partial charge in [0.25, 0.3) is 0 Å². The molecule has 5 nitrogen and oxygen atoms in total. The molecule has 27 heavy (non-hydrogen) atoms. The molecule has 0 spiro atoms. The van der Waals surface area contributed by atoms with Gasteiger partial charge in [-0.1, -0.05) is 24.3 Å². The number of aliphatic imine (C=N–C) groups is 1. The maximum Gasteiger partial charge on any atom is 0.221 e. The zero-order chi connectivity index (χ0) is 19.6. The van der Waals surface area contributed by atoms with Gasteiger partial charge in [-0.25, -0.2) is 4.99 Å². The lowest BCUT2D eigenvalue weighted by Crippen LogP contribution is -2.38. The monoisotopic (exact) mass is 384 g/mol. The highest BCUT2D eigenvalue weighted by atomic mass is 32.2. The number of hydrogen-bond acceptors (Lipinski definition) is 3. The van der Waals surface area contributed by atoms with E-state index in [0.717, 1.165) is 30.3 Å². The summed E-state index contributed by atoms with van der Waals surface area (Å²) in [6.45, 7) is 5.71. The van der Waals surface area contributed by atoms with Gasteiger partial charge in [0.05, 0.1) is 6.54 Å². The Morgan fingerprint density at radius 3 is 2.52 bits per heavy atom. The summed E-state index contributed by atoms with van der Waals surface area (Å²) in [6, 6.07) is 16.4. The van der Waals surface area contributed by atoms with Crippen molar-refractivity contribution in [3.63, 3.8) is 0 Å². The van der Waals surface area contributed by atoms with E-state index in [-0.39, 0.29) is 5.91 Å². The fourth-order valence-corrected chi connectivity index (χ4v) is 3.07. The summed E-state index contributed by atoms with van der Waals surface area (Å²) in [7, 11) is 2.04. The SMILES string of the molecule is CCNC(=NCc1cccc(NC(C)=O)c1)N(C)Cc1ccc(SC)cc1. The number of anilines is 1. The molecule has 0 aliphatic carbocycles. The third-order valence-electron chi connectivity index (χ3n) is 3.93. The van der Waals surface area contributed by atoms with Gasteiger partial charge >= 0.3 is 0 Å². The molecule has 0 heterocycles. The van der Waals surface area contributed by atoms with E-state index in [1.807, 2.05) is 31.3 Å². The first-order valence-corrected chi connectivity index (χ1v) is 10.2. The van der Waals surface area contributed by atoms with E-state index in [2.05, 4.69) is 53.0 Å². The van der Waals surface area contributed by atoms with Gasteiger partial charge in [-0.15, -0.1) is 11.8 Å². The van der Waals surface area contributed by atoms with Crippen LogP contribution in [0.1, 0.15) is 25.0 Å². The van der Waals surface area contributed by atoms with Crippen molar-refractivity contribution in [1.29, 1.82) is 0 Å². The number of nitrogens with zero attached hydrogens (tertiary/aromatic N) is 2. The van der Waals surface area contributed by atoms with E-state index >= 15 is 0 Å². The van der Waals surface area contributed by atoms with E-state index in [1.165, 1.54) is 17.4 Å². The van der Waals surface area contributed by atoms with Crippen molar-refractivity contribution >= 4 is 29.3 Å². The van der Waals surface area contributed by atoms with Gasteiger partial charge in [0.15, 0.2) is 5.96 Å². The van der Waals surface area contributed by atoms with Crippen LogP contribution in [-0.2, 0) is 17.9 Å². The van der Waals surface area contributed by atoms with Gasteiger partial charge in [-0.2, -0.15) is 0 Å². The van der Waals surface area contributed by atoms with Gasteiger partial charge in [0.1, 0.15) is 0 Å². The number of nitrogens with one attached hydrogen (secondary N) is 2. The van der Waals surface area contributed by atoms with E-state index in [1.54, 1.807) is 11.8 Å². The Labute approximate surface area is 166 Å². The Hall–Kier alpha value is -2.47. The van der Waals surface area contributed by atoms with Gasteiger partial charge in [0, 0.05) is 37.6 Å². The Balaban J connectivity index is 2.06. The molecule has 0 saturated carbocycles. The Morgan fingerprint density at radius 2 is 1.89 bits per heavy atom. The van der Waals surface area contributed by atoms with Crippen molar-refractivity contribution in [2.45, 2.75) is 31.8 Å². The lowest BCUT2D eigenvalue weighted by molar-refractivity contribution is -0.114. The quantitative estimate of drug-likeness (QED) is 0.431. The normalized spacial score (nSPS) is 11.2. The molecule has 0 aromatic heterocycles. The Kier molecular flexibility index (Phi) is 8.20. The average molecular weight is 385 g/mol. The predicted molar refractivity (Wildman–Crippen MR) is 115 cm³/mol. The van der Waals surface area contributed by atoms with Crippen LogP contribution in [0.25, 0.3) is 0 Å². The summed E-state index contributed by atoms with van der Waals surface area (Å²) in [5.41, 5.74) is 3.09. The second-order valence-corrected chi connectivity index (χ2v) is 7.14. The van der Waals surface area contributed by atoms with Crippen molar-refractivity contribution in [2.75, 3.05) is 25.2 Å². The lowest BCUT2D eigenvalue weighted by Gasteiger charge is -2.22. The molecule has 0 aliphatic heterocycles. The van der Waals surface area contributed by atoms with Crippen LogP contribution in [0.5, 0.6) is 0 Å². The highest BCUT2D eigenvalue weighted by Gasteiger charge is 2.07. The minimum absolute atomic E-state index is 0.0729. The summed E-state index contributed by atoms with van der Waals surface area (Å²) >= 11 is 1.75. The van der Waals surface area contributed by atoms with Crippen LogP contribution in [-0.4, -0.2) is 36.6 Å². The zero-order valence-corrected chi connectivity index (χ0v) is 17.3. The number of carbonyl (C=O) groups excluding carboxylic acids is 1. The number of thioether (sulfide) groups is 1. The fraction of sp³-hybridized carbons (Fsp3) is 0.333. The van der Waals surface area contributed by atoms with Crippen LogP contribution in [0.4, 0.5) is 5.69 Å². The minimum atomic E-state index is -0.0729. The smallest absolute Gasteiger partial charge is 0.221 e. The number of carbonyl (C=O) groups is 1. The third-order valence-corrected chi connectivity index (χ3v) is 4.68. The minimum Gasteiger partial charge on any atom is -0.357 e. The van der Waals surface area contributed by atoms with Gasteiger partial charge in [-0.05, 0) is 48.6 Å². The second-order valence-electron chi connectivity index (χ2n) is 6.26. The van der Waals surface area contributed by atoms with E-state index in [9.17, 15) is 4.79 Å². The molecule has 0 aliphatic rings. The van der Waals surface area contributed by atoms with Gasteiger partial charge < -0.3 is 15.5 Å². The molecule has 0 radical (unpaired) electrons. The van der Waals surface area contributed by atoms with E-state index in [4.69, 9.17) is 4.99 Å². The van der Waals surface area contributed by atoms with E-state index < -0.39 is 0 Å². The maximum absolute atomic E-state index is 11.2. The van der Waals surface area contributed by atoms with Crippen molar-refractivity contribution in [1.82, 2.24) is 10.2 Å². The molecule has 144 valence electrons. The van der Waals surface area contributed by atoms with Crippen LogP contribution in [0.2, 0.25) is 0 Å². The number of benzene rings is 2. The molecule has 2 aromatic carbocycles. The molecule has 1 amide bonds. The molecule has 0 saturated heterocycles. The van der Waals surface area contributed by atoms with Crippen LogP contribution in [0, 0.1) is 0 Å². The summed E-state index contributed by atoms with van der Waals surface area (Å²) in [5.74, 6) is 0.785. The van der Waals surface area contributed by atoms with E-state index in [0.29, 0.717) is 6.54 Å². The van der Waals surface area contributed by atoms with Crippen molar-refractivity contribution in [3.8, 4) is 0 Å². The summed E-state index contributed by atoms with van der Waals surface area (Å²) in [6.07, 6.45) is 2.08. The number of amides is 1. The molecule has 2 rings (SSSR count).